The van der Waals surface area contributed by atoms with Gasteiger partial charge in [-0.3, -0.25) is 4.39 Å². The number of nitrogens with zero attached hydrogens (tertiary/aromatic N) is 2. The van der Waals surface area contributed by atoms with Crippen molar-refractivity contribution in [2.45, 2.75) is 49.4 Å². The van der Waals surface area contributed by atoms with Crippen LogP contribution in [0.2, 0.25) is 17.3 Å². The van der Waals surface area contributed by atoms with Gasteiger partial charge < -0.3 is 9.40 Å². The van der Waals surface area contributed by atoms with E-state index < -0.39 is 13.3 Å². The minimum Gasteiger partial charge on any atom is 0 e. The summed E-state index contributed by atoms with van der Waals surface area (Å²) in [5.74, 6) is 7.69. The van der Waals surface area contributed by atoms with Gasteiger partial charge in [-0.2, -0.15) is 0 Å². The Kier molecular flexibility index (Phi) is 10.9. The normalized spacial score (nSPS) is 13.2. The van der Waals surface area contributed by atoms with Gasteiger partial charge in [0.2, 0.25) is 0 Å². The van der Waals surface area contributed by atoms with E-state index in [0.717, 1.165) is 29.0 Å². The maximum absolute atomic E-state index is 15.3. The van der Waals surface area contributed by atoms with Gasteiger partial charge in [-0.15, -0.1) is 12.1 Å². The fraction of sp³-hybridized carbons (Fsp3) is 0.209. The van der Waals surface area contributed by atoms with Crippen LogP contribution in [0.5, 0.6) is 0 Å². The molecule has 0 unspecified atom stereocenters. The van der Waals surface area contributed by atoms with Crippen molar-refractivity contribution in [2.24, 2.45) is 5.92 Å². The van der Waals surface area contributed by atoms with Gasteiger partial charge in [0, 0.05) is 37.5 Å². The topological polar surface area (TPSA) is 38.9 Å². The molecule has 0 spiro atoms. The van der Waals surface area contributed by atoms with Crippen LogP contribution < -0.4 is 4.40 Å². The smallest absolute Gasteiger partial charge is 0 e. The van der Waals surface area contributed by atoms with E-state index in [4.69, 9.17) is 9.40 Å². The second-order valence-electron chi connectivity index (χ2n) is 13.7. The van der Waals surface area contributed by atoms with Crippen molar-refractivity contribution in [1.82, 2.24) is 9.97 Å². The van der Waals surface area contributed by atoms with Gasteiger partial charge in [-0.25, -0.2) is 0 Å². The standard InChI is InChI=1S/C23H19FNO.C20H20GeN.Ir/c24-23-17(9-10-21-22(23)18-7-3-4-8-20(18)26-21)19-14-16(11-12-25-19)13-15-5-1-2-6-15;1-21(2,3)19-15-22-20(17-12-8-5-9-13-17)14-18(19)16-10-6-4-7-11-16;/h3-4,7-8,10-12,14-15H,1-2,5-6,13H2;4-12,14-15H,1-3H3;/q2*-1;. The van der Waals surface area contributed by atoms with E-state index >= 15 is 4.39 Å². The Labute approximate surface area is 304 Å². The number of rotatable bonds is 6. The summed E-state index contributed by atoms with van der Waals surface area (Å²) in [5.41, 5.74) is 8.15. The summed E-state index contributed by atoms with van der Waals surface area (Å²) in [5, 5.41) is 1.30. The summed E-state index contributed by atoms with van der Waals surface area (Å²) in [4.78, 5) is 9.13. The predicted octanol–water partition coefficient (Wildman–Crippen LogP) is 11.1. The fourth-order valence-electron chi connectivity index (χ4n) is 6.80. The molecule has 6 heteroatoms. The fourth-order valence-corrected chi connectivity index (χ4v) is 9.90. The molecule has 7 aromatic rings. The van der Waals surface area contributed by atoms with Crippen LogP contribution in [0.1, 0.15) is 31.2 Å². The predicted molar refractivity (Wildman–Crippen MR) is 198 cm³/mol. The summed E-state index contributed by atoms with van der Waals surface area (Å²) in [7, 11) is 0. The molecule has 0 atom stereocenters. The van der Waals surface area contributed by atoms with Gasteiger partial charge in [0.05, 0.1) is 5.58 Å². The third-order valence-electron chi connectivity index (χ3n) is 9.27. The molecule has 1 saturated carbocycles. The first kappa shape index (κ1) is 34.9. The van der Waals surface area contributed by atoms with Crippen LogP contribution in [-0.2, 0) is 26.5 Å². The molecule has 0 aliphatic heterocycles. The second kappa shape index (κ2) is 15.3. The number of furan rings is 1. The van der Waals surface area contributed by atoms with Crippen LogP contribution in [0.4, 0.5) is 4.39 Å². The molecule has 3 aromatic heterocycles. The number of aromatic nitrogens is 2. The molecule has 1 fully saturated rings. The summed E-state index contributed by atoms with van der Waals surface area (Å²) in [6.07, 6.45) is 10.2. The molecular weight excluding hydrogens is 844 g/mol. The molecule has 4 aromatic carbocycles. The number of para-hydroxylation sites is 1. The van der Waals surface area contributed by atoms with E-state index in [1.54, 1.807) is 12.3 Å². The number of benzene rings is 4. The van der Waals surface area contributed by atoms with E-state index in [2.05, 4.69) is 83.0 Å². The van der Waals surface area contributed by atoms with Crippen LogP contribution in [-0.4, -0.2) is 23.2 Å². The zero-order chi connectivity index (χ0) is 33.1. The van der Waals surface area contributed by atoms with E-state index in [-0.39, 0.29) is 25.9 Å². The SMILES string of the molecule is Fc1c(-c2cc(CC3CCCC3)ccn2)[c-]cc2oc3ccccc3c12.[CH3][Ge]([CH3])([CH3])[c]1cnc(-c2[c-]cccc2)cc1-c1ccccc1.[Ir]. The third-order valence-corrected chi connectivity index (χ3v) is 13.5. The van der Waals surface area contributed by atoms with Gasteiger partial charge in [0.25, 0.3) is 0 Å². The van der Waals surface area contributed by atoms with Crippen molar-refractivity contribution in [2.75, 3.05) is 0 Å². The minimum absolute atomic E-state index is 0. The molecule has 249 valence electrons. The molecule has 0 amide bonds. The van der Waals surface area contributed by atoms with Crippen molar-refractivity contribution in [3.8, 4) is 33.6 Å². The molecule has 1 radical (unpaired) electrons. The zero-order valence-electron chi connectivity index (χ0n) is 28.1. The van der Waals surface area contributed by atoms with Gasteiger partial charge in [-0.1, -0.05) is 61.1 Å². The van der Waals surface area contributed by atoms with Crippen LogP contribution in [0.3, 0.4) is 0 Å². The maximum Gasteiger partial charge on any atom is 0 e. The number of hydrogen-bond donors (Lipinski definition) is 0. The summed E-state index contributed by atoms with van der Waals surface area (Å²) < 4.78 is 22.5. The monoisotopic (exact) mass is 885 g/mol. The van der Waals surface area contributed by atoms with Gasteiger partial charge >= 0.3 is 135 Å². The Morgan fingerprint density at radius 1 is 0.816 bits per heavy atom. The Hall–Kier alpha value is -3.90. The summed E-state index contributed by atoms with van der Waals surface area (Å²) >= 11 is -1.99. The van der Waals surface area contributed by atoms with Gasteiger partial charge in [0.1, 0.15) is 5.58 Å². The molecule has 49 heavy (non-hydrogen) atoms. The average molecular weight is 884 g/mol. The van der Waals surface area contributed by atoms with Crippen LogP contribution >= 0.6 is 0 Å². The average Bonchev–Trinajstić information content (AvgIpc) is 3.77. The van der Waals surface area contributed by atoms with Crippen molar-refractivity contribution in [1.29, 1.82) is 0 Å². The van der Waals surface area contributed by atoms with Gasteiger partial charge in [-0.05, 0) is 35.6 Å². The van der Waals surface area contributed by atoms with Crippen LogP contribution in [0, 0.1) is 23.9 Å². The number of halogens is 1. The largest absolute Gasteiger partial charge is 0 e. The first-order valence-corrected chi connectivity index (χ1v) is 24.2. The molecular formula is C43H39FGeIrN2O-2. The molecule has 3 nitrogen and oxygen atoms in total. The molecule has 0 N–H and O–H groups in total. The molecule has 8 rings (SSSR count). The van der Waals surface area contributed by atoms with Crippen molar-refractivity contribution >= 4 is 39.6 Å². The van der Waals surface area contributed by atoms with E-state index in [1.165, 1.54) is 46.8 Å². The number of hydrogen-bond acceptors (Lipinski definition) is 3. The van der Waals surface area contributed by atoms with E-state index in [9.17, 15) is 0 Å². The summed E-state index contributed by atoms with van der Waals surface area (Å²) in [6.45, 7) is 0. The first-order chi connectivity index (χ1) is 23.3. The molecule has 1 aliphatic rings. The van der Waals surface area contributed by atoms with Crippen molar-refractivity contribution in [3.05, 3.63) is 139 Å². The number of fused-ring (bicyclic) bond motifs is 3. The van der Waals surface area contributed by atoms with Gasteiger partial charge in [0.15, 0.2) is 0 Å². The molecule has 0 bridgehead atoms. The zero-order valence-corrected chi connectivity index (χ0v) is 32.6. The Balaban J connectivity index is 0.000000169. The minimum atomic E-state index is -1.99. The molecule has 1 aliphatic carbocycles. The van der Waals surface area contributed by atoms with Crippen LogP contribution in [0.25, 0.3) is 55.6 Å². The third kappa shape index (κ3) is 7.80. The molecule has 0 saturated heterocycles. The first-order valence-electron chi connectivity index (χ1n) is 16.8. The van der Waals surface area contributed by atoms with Crippen LogP contribution in [0.15, 0.2) is 120 Å². The number of pyridine rings is 2. The quantitative estimate of drug-likeness (QED) is 0.123. The van der Waals surface area contributed by atoms with E-state index in [1.807, 2.05) is 54.6 Å². The molecule has 3 heterocycles. The van der Waals surface area contributed by atoms with Crippen molar-refractivity contribution in [3.63, 3.8) is 0 Å². The van der Waals surface area contributed by atoms with E-state index in [0.29, 0.717) is 27.8 Å². The summed E-state index contributed by atoms with van der Waals surface area (Å²) in [6, 6.07) is 40.5. The Morgan fingerprint density at radius 2 is 1.57 bits per heavy atom. The Morgan fingerprint density at radius 3 is 2.33 bits per heavy atom. The Bertz CT molecular complexity index is 2170. The maximum atomic E-state index is 15.3. The van der Waals surface area contributed by atoms with Crippen molar-refractivity contribution < 1.29 is 28.9 Å². The second-order valence-corrected chi connectivity index (χ2v) is 24.3.